The Morgan fingerprint density at radius 2 is 1.94 bits per heavy atom. The van der Waals surface area contributed by atoms with E-state index < -0.39 is 0 Å². The summed E-state index contributed by atoms with van der Waals surface area (Å²) >= 11 is 0. The Bertz CT molecular complexity index is 241. The van der Waals surface area contributed by atoms with Crippen molar-refractivity contribution in [2.24, 2.45) is 5.41 Å². The van der Waals surface area contributed by atoms with Crippen molar-refractivity contribution in [2.75, 3.05) is 32.8 Å². The molecule has 3 heteroatoms. The summed E-state index contributed by atoms with van der Waals surface area (Å²) in [6.07, 6.45) is 4.98. The van der Waals surface area contributed by atoms with Crippen LogP contribution >= 0.6 is 0 Å². The zero-order valence-corrected chi connectivity index (χ0v) is 12.8. The van der Waals surface area contributed by atoms with E-state index in [2.05, 4.69) is 37.9 Å². The Hall–Kier alpha value is -0.120. The van der Waals surface area contributed by atoms with Crippen LogP contribution in [-0.2, 0) is 0 Å². The lowest BCUT2D eigenvalue weighted by Crippen LogP contribution is -2.54. The third-order valence-corrected chi connectivity index (χ3v) is 4.74. The summed E-state index contributed by atoms with van der Waals surface area (Å²) in [6.45, 7) is 13.5. The molecule has 1 aliphatic rings. The summed E-state index contributed by atoms with van der Waals surface area (Å²) in [6, 6.07) is 0. The van der Waals surface area contributed by atoms with Crippen LogP contribution in [0, 0.1) is 5.41 Å². The smallest absolute Gasteiger partial charge is 0.0623 e. The van der Waals surface area contributed by atoms with Crippen molar-refractivity contribution in [1.29, 1.82) is 0 Å². The fourth-order valence-electron chi connectivity index (χ4n) is 3.07. The number of hydrogen-bond donors (Lipinski definition) is 2. The highest BCUT2D eigenvalue weighted by atomic mass is 16.3. The largest absolute Gasteiger partial charge is 0.394 e. The first kappa shape index (κ1) is 15.9. The van der Waals surface area contributed by atoms with Gasteiger partial charge < -0.3 is 15.3 Å². The average Bonchev–Trinajstić information content (AvgIpc) is 2.80. The van der Waals surface area contributed by atoms with Gasteiger partial charge in [0.15, 0.2) is 0 Å². The molecular formula is C15H32N2O. The van der Waals surface area contributed by atoms with Crippen molar-refractivity contribution in [1.82, 2.24) is 10.2 Å². The van der Waals surface area contributed by atoms with Crippen LogP contribution in [0.5, 0.6) is 0 Å². The number of nitrogens with one attached hydrogen (secondary N) is 1. The second kappa shape index (κ2) is 6.88. The van der Waals surface area contributed by atoms with Crippen molar-refractivity contribution in [3.63, 3.8) is 0 Å². The minimum absolute atomic E-state index is 0.145. The van der Waals surface area contributed by atoms with Gasteiger partial charge in [-0.15, -0.1) is 0 Å². The van der Waals surface area contributed by atoms with Gasteiger partial charge in [-0.25, -0.2) is 0 Å². The van der Waals surface area contributed by atoms with E-state index in [4.69, 9.17) is 0 Å². The second-order valence-corrected chi connectivity index (χ2v) is 6.31. The molecule has 3 nitrogen and oxygen atoms in total. The standard InChI is InChI=1S/C15H32N2O/c1-5-9-16-14(4,13-18)11-17-10-8-15(6-2,7-3)12-17/h16,18H,5-13H2,1-4H3. The Kier molecular flexibility index (Phi) is 6.09. The first-order valence-corrected chi connectivity index (χ1v) is 7.61. The summed E-state index contributed by atoms with van der Waals surface area (Å²) in [4.78, 5) is 2.53. The van der Waals surface area contributed by atoms with Gasteiger partial charge in [0.2, 0.25) is 0 Å². The Morgan fingerprint density at radius 3 is 2.39 bits per heavy atom. The fraction of sp³-hybridized carbons (Fsp3) is 1.00. The summed E-state index contributed by atoms with van der Waals surface area (Å²) in [5.74, 6) is 0. The summed E-state index contributed by atoms with van der Waals surface area (Å²) < 4.78 is 0. The molecule has 1 aliphatic heterocycles. The molecule has 0 aromatic rings. The molecule has 108 valence electrons. The molecule has 1 fully saturated rings. The molecule has 1 heterocycles. The Labute approximate surface area is 113 Å². The molecule has 0 bridgehead atoms. The van der Waals surface area contributed by atoms with E-state index in [0.29, 0.717) is 5.41 Å². The fourth-order valence-corrected chi connectivity index (χ4v) is 3.07. The van der Waals surface area contributed by atoms with Crippen molar-refractivity contribution < 1.29 is 5.11 Å². The monoisotopic (exact) mass is 256 g/mol. The average molecular weight is 256 g/mol. The summed E-state index contributed by atoms with van der Waals surface area (Å²) in [5.41, 5.74) is 0.384. The minimum atomic E-state index is -0.145. The quantitative estimate of drug-likeness (QED) is 0.699. The van der Waals surface area contributed by atoms with Gasteiger partial charge in [-0.2, -0.15) is 0 Å². The van der Waals surface area contributed by atoms with Gasteiger partial charge in [0.1, 0.15) is 0 Å². The number of rotatable bonds is 8. The number of likely N-dealkylation sites (tertiary alicyclic amines) is 1. The Morgan fingerprint density at radius 1 is 1.28 bits per heavy atom. The van der Waals surface area contributed by atoms with Crippen LogP contribution in [0.15, 0.2) is 0 Å². The predicted molar refractivity (Wildman–Crippen MR) is 77.9 cm³/mol. The van der Waals surface area contributed by atoms with Gasteiger partial charge in [-0.3, -0.25) is 0 Å². The van der Waals surface area contributed by atoms with Crippen molar-refractivity contribution in [2.45, 2.75) is 58.9 Å². The third-order valence-electron chi connectivity index (χ3n) is 4.74. The molecule has 2 N–H and O–H groups in total. The van der Waals surface area contributed by atoms with Crippen LogP contribution in [0.4, 0.5) is 0 Å². The van der Waals surface area contributed by atoms with Gasteiger partial charge in [0.05, 0.1) is 12.1 Å². The highest BCUT2D eigenvalue weighted by Gasteiger charge is 2.37. The second-order valence-electron chi connectivity index (χ2n) is 6.31. The van der Waals surface area contributed by atoms with Crippen LogP contribution in [-0.4, -0.2) is 48.3 Å². The Balaban J connectivity index is 2.52. The molecule has 0 aliphatic carbocycles. The SMILES string of the molecule is CCCNC(C)(CO)CN1CCC(CC)(CC)C1. The molecule has 1 atom stereocenters. The van der Waals surface area contributed by atoms with Crippen molar-refractivity contribution in [3.05, 3.63) is 0 Å². The molecule has 0 aromatic heterocycles. The zero-order chi connectivity index (χ0) is 13.6. The lowest BCUT2D eigenvalue weighted by atomic mass is 9.82. The lowest BCUT2D eigenvalue weighted by molar-refractivity contribution is 0.123. The van der Waals surface area contributed by atoms with Crippen molar-refractivity contribution >= 4 is 0 Å². The normalized spacial score (nSPS) is 23.2. The molecule has 0 amide bonds. The number of aliphatic hydroxyl groups is 1. The van der Waals surface area contributed by atoms with Crippen LogP contribution < -0.4 is 5.32 Å². The molecule has 0 spiro atoms. The van der Waals surface area contributed by atoms with Gasteiger partial charge in [-0.1, -0.05) is 20.8 Å². The van der Waals surface area contributed by atoms with Crippen LogP contribution in [0.25, 0.3) is 0 Å². The van der Waals surface area contributed by atoms with Gasteiger partial charge in [0.25, 0.3) is 0 Å². The third kappa shape index (κ3) is 3.94. The highest BCUT2D eigenvalue weighted by Crippen LogP contribution is 2.37. The van der Waals surface area contributed by atoms with Crippen molar-refractivity contribution in [3.8, 4) is 0 Å². The van der Waals surface area contributed by atoms with Gasteiger partial charge in [-0.05, 0) is 51.1 Å². The first-order valence-electron chi connectivity index (χ1n) is 7.61. The molecule has 0 radical (unpaired) electrons. The number of aliphatic hydroxyl groups excluding tert-OH is 1. The van der Waals surface area contributed by atoms with E-state index in [1.807, 2.05) is 0 Å². The van der Waals surface area contributed by atoms with E-state index in [-0.39, 0.29) is 12.1 Å². The van der Waals surface area contributed by atoms with E-state index >= 15 is 0 Å². The maximum absolute atomic E-state index is 9.63. The molecule has 1 unspecified atom stereocenters. The number of hydrogen-bond acceptors (Lipinski definition) is 3. The molecule has 1 saturated heterocycles. The number of nitrogens with zero attached hydrogens (tertiary/aromatic N) is 1. The molecule has 0 aromatic carbocycles. The zero-order valence-electron chi connectivity index (χ0n) is 12.8. The minimum Gasteiger partial charge on any atom is -0.394 e. The summed E-state index contributed by atoms with van der Waals surface area (Å²) in [5, 5.41) is 13.1. The molecular weight excluding hydrogens is 224 g/mol. The lowest BCUT2D eigenvalue weighted by Gasteiger charge is -2.34. The van der Waals surface area contributed by atoms with E-state index in [1.54, 1.807) is 0 Å². The van der Waals surface area contributed by atoms with E-state index in [1.165, 1.54) is 32.4 Å². The highest BCUT2D eigenvalue weighted by molar-refractivity contribution is 4.93. The summed E-state index contributed by atoms with van der Waals surface area (Å²) in [7, 11) is 0. The van der Waals surface area contributed by atoms with Crippen LogP contribution in [0.1, 0.15) is 53.4 Å². The van der Waals surface area contributed by atoms with Gasteiger partial charge in [0, 0.05) is 13.1 Å². The predicted octanol–water partition coefficient (Wildman–Crippen LogP) is 2.25. The molecule has 0 saturated carbocycles. The van der Waals surface area contributed by atoms with E-state index in [9.17, 15) is 5.11 Å². The molecule has 18 heavy (non-hydrogen) atoms. The first-order chi connectivity index (χ1) is 8.53. The molecule has 1 rings (SSSR count). The maximum atomic E-state index is 9.63. The van der Waals surface area contributed by atoms with E-state index in [0.717, 1.165) is 19.5 Å². The van der Waals surface area contributed by atoms with Crippen LogP contribution in [0.3, 0.4) is 0 Å². The van der Waals surface area contributed by atoms with Crippen LogP contribution in [0.2, 0.25) is 0 Å². The maximum Gasteiger partial charge on any atom is 0.0623 e. The van der Waals surface area contributed by atoms with Gasteiger partial charge >= 0.3 is 0 Å². The topological polar surface area (TPSA) is 35.5 Å².